The summed E-state index contributed by atoms with van der Waals surface area (Å²) in [6, 6.07) is 5.13. The van der Waals surface area contributed by atoms with E-state index in [1.165, 1.54) is 6.42 Å². The number of hydrogen-bond donors (Lipinski definition) is 1. The number of alkyl halides is 1. The van der Waals surface area contributed by atoms with E-state index < -0.39 is 0 Å². The van der Waals surface area contributed by atoms with E-state index in [9.17, 15) is 4.79 Å². The van der Waals surface area contributed by atoms with Crippen molar-refractivity contribution in [2.24, 2.45) is 0 Å². The van der Waals surface area contributed by atoms with Crippen LogP contribution in [0.25, 0.3) is 0 Å². The van der Waals surface area contributed by atoms with Crippen LogP contribution in [0.1, 0.15) is 42.5 Å². The summed E-state index contributed by atoms with van der Waals surface area (Å²) in [7, 11) is 0. The molecule has 104 valence electrons. The van der Waals surface area contributed by atoms with Gasteiger partial charge >= 0.3 is 0 Å². The SMILES string of the molecule is O=C(NC1(CBr)CCCCC1)c1cccc(Cl)c1Cl. The predicted molar refractivity (Wildman–Crippen MR) is 83.5 cm³/mol. The Balaban J connectivity index is 2.17. The van der Waals surface area contributed by atoms with Gasteiger partial charge in [0.2, 0.25) is 0 Å². The summed E-state index contributed by atoms with van der Waals surface area (Å²) in [6.07, 6.45) is 5.54. The Bertz CT molecular complexity index is 473. The standard InChI is InChI=1S/C14H16BrCl2NO/c15-9-14(7-2-1-3-8-14)18-13(19)10-5-4-6-11(16)12(10)17/h4-6H,1-3,7-9H2,(H,18,19). The van der Waals surface area contributed by atoms with E-state index in [1.807, 2.05) is 0 Å². The summed E-state index contributed by atoms with van der Waals surface area (Å²) < 4.78 is 0. The van der Waals surface area contributed by atoms with Crippen molar-refractivity contribution in [3.63, 3.8) is 0 Å². The van der Waals surface area contributed by atoms with Crippen LogP contribution in [0.2, 0.25) is 10.0 Å². The monoisotopic (exact) mass is 363 g/mol. The molecule has 1 aromatic rings. The zero-order valence-electron chi connectivity index (χ0n) is 10.5. The van der Waals surface area contributed by atoms with Gasteiger partial charge in [-0.25, -0.2) is 0 Å². The van der Waals surface area contributed by atoms with Crippen LogP contribution in [0.15, 0.2) is 18.2 Å². The highest BCUT2D eigenvalue weighted by Crippen LogP contribution is 2.31. The van der Waals surface area contributed by atoms with Crippen LogP contribution in [0.4, 0.5) is 0 Å². The Kier molecular flexibility index (Phi) is 5.15. The van der Waals surface area contributed by atoms with Crippen molar-refractivity contribution in [2.75, 3.05) is 5.33 Å². The van der Waals surface area contributed by atoms with Gasteiger partial charge in [-0.3, -0.25) is 4.79 Å². The molecule has 5 heteroatoms. The molecule has 19 heavy (non-hydrogen) atoms. The van der Waals surface area contributed by atoms with Crippen molar-refractivity contribution in [1.82, 2.24) is 5.32 Å². The fourth-order valence-corrected chi connectivity index (χ4v) is 3.60. The maximum atomic E-state index is 12.4. The number of carbonyl (C=O) groups is 1. The first-order chi connectivity index (χ1) is 9.08. The van der Waals surface area contributed by atoms with E-state index in [-0.39, 0.29) is 11.4 Å². The fraction of sp³-hybridized carbons (Fsp3) is 0.500. The second kappa shape index (κ2) is 6.47. The molecule has 2 nitrogen and oxygen atoms in total. The maximum absolute atomic E-state index is 12.4. The Morgan fingerprint density at radius 1 is 1.26 bits per heavy atom. The summed E-state index contributed by atoms with van der Waals surface area (Å²) in [6.45, 7) is 0. The number of benzene rings is 1. The van der Waals surface area contributed by atoms with Crippen LogP contribution in [0, 0.1) is 0 Å². The second-order valence-corrected chi connectivity index (χ2v) is 6.38. The van der Waals surface area contributed by atoms with Gasteiger partial charge in [0.05, 0.1) is 21.1 Å². The molecule has 1 N–H and O–H groups in total. The van der Waals surface area contributed by atoms with E-state index in [0.717, 1.165) is 31.0 Å². The van der Waals surface area contributed by atoms with Gasteiger partial charge in [-0.2, -0.15) is 0 Å². The lowest BCUT2D eigenvalue weighted by Gasteiger charge is -2.36. The van der Waals surface area contributed by atoms with Crippen molar-refractivity contribution >= 4 is 45.0 Å². The minimum atomic E-state index is -0.152. The number of carbonyl (C=O) groups excluding carboxylic acids is 1. The van der Waals surface area contributed by atoms with Gasteiger partial charge in [0.15, 0.2) is 0 Å². The molecule has 0 aromatic heterocycles. The molecule has 2 rings (SSSR count). The highest BCUT2D eigenvalue weighted by molar-refractivity contribution is 9.09. The molecule has 0 heterocycles. The maximum Gasteiger partial charge on any atom is 0.253 e. The summed E-state index contributed by atoms with van der Waals surface area (Å²) in [5.74, 6) is -0.145. The topological polar surface area (TPSA) is 29.1 Å². The van der Waals surface area contributed by atoms with Crippen molar-refractivity contribution in [1.29, 1.82) is 0 Å². The summed E-state index contributed by atoms with van der Waals surface area (Å²) in [5, 5.41) is 4.63. The average Bonchev–Trinajstić information content (AvgIpc) is 2.42. The number of hydrogen-bond acceptors (Lipinski definition) is 1. The van der Waals surface area contributed by atoms with Gasteiger partial charge in [-0.05, 0) is 25.0 Å². The number of halogens is 3. The van der Waals surface area contributed by atoms with E-state index in [0.29, 0.717) is 15.6 Å². The molecule has 0 atom stereocenters. The molecule has 1 aromatic carbocycles. The van der Waals surface area contributed by atoms with E-state index in [2.05, 4.69) is 21.2 Å². The molecule has 1 saturated carbocycles. The largest absolute Gasteiger partial charge is 0.346 e. The molecule has 0 aliphatic heterocycles. The van der Waals surface area contributed by atoms with Gasteiger partial charge in [-0.1, -0.05) is 64.5 Å². The van der Waals surface area contributed by atoms with Crippen molar-refractivity contribution in [3.8, 4) is 0 Å². The highest BCUT2D eigenvalue weighted by atomic mass is 79.9. The van der Waals surface area contributed by atoms with E-state index >= 15 is 0 Å². The molecule has 1 amide bonds. The molecule has 0 saturated heterocycles. The third kappa shape index (κ3) is 3.45. The number of amides is 1. The fourth-order valence-electron chi connectivity index (χ4n) is 2.51. The minimum Gasteiger partial charge on any atom is -0.346 e. The normalized spacial score (nSPS) is 18.1. The van der Waals surface area contributed by atoms with Crippen molar-refractivity contribution in [3.05, 3.63) is 33.8 Å². The van der Waals surface area contributed by atoms with Crippen LogP contribution in [-0.4, -0.2) is 16.8 Å². The Morgan fingerprint density at radius 2 is 1.95 bits per heavy atom. The Labute approximate surface area is 132 Å². The summed E-state index contributed by atoms with van der Waals surface area (Å²) in [5.41, 5.74) is 0.293. The van der Waals surface area contributed by atoms with Gasteiger partial charge in [0.1, 0.15) is 0 Å². The number of rotatable bonds is 3. The van der Waals surface area contributed by atoms with Crippen LogP contribution < -0.4 is 5.32 Å². The van der Waals surface area contributed by atoms with Gasteiger partial charge in [0.25, 0.3) is 5.91 Å². The first-order valence-corrected chi connectivity index (χ1v) is 8.28. The van der Waals surface area contributed by atoms with E-state index in [4.69, 9.17) is 23.2 Å². The average molecular weight is 365 g/mol. The second-order valence-electron chi connectivity index (χ2n) is 5.03. The minimum absolute atomic E-state index is 0.145. The molecule has 0 bridgehead atoms. The molecule has 1 aliphatic rings. The first-order valence-electron chi connectivity index (χ1n) is 6.40. The van der Waals surface area contributed by atoms with Gasteiger partial charge < -0.3 is 5.32 Å². The van der Waals surface area contributed by atoms with Crippen LogP contribution >= 0.6 is 39.1 Å². The lowest BCUT2D eigenvalue weighted by atomic mass is 9.83. The molecule has 0 spiro atoms. The lowest BCUT2D eigenvalue weighted by molar-refractivity contribution is 0.0886. The Morgan fingerprint density at radius 3 is 2.58 bits per heavy atom. The third-order valence-corrected chi connectivity index (χ3v) is 5.53. The third-order valence-electron chi connectivity index (χ3n) is 3.64. The predicted octanol–water partition coefficient (Wildman–Crippen LogP) is 4.82. The van der Waals surface area contributed by atoms with Gasteiger partial charge in [-0.15, -0.1) is 0 Å². The Hall–Kier alpha value is -0.250. The molecule has 0 unspecified atom stereocenters. The van der Waals surface area contributed by atoms with Crippen LogP contribution in [0.5, 0.6) is 0 Å². The van der Waals surface area contributed by atoms with Crippen molar-refractivity contribution in [2.45, 2.75) is 37.6 Å². The quantitative estimate of drug-likeness (QED) is 0.765. The highest BCUT2D eigenvalue weighted by Gasteiger charge is 2.33. The zero-order valence-corrected chi connectivity index (χ0v) is 13.6. The van der Waals surface area contributed by atoms with Crippen molar-refractivity contribution < 1.29 is 4.79 Å². The molecular formula is C14H16BrCl2NO. The summed E-state index contributed by atoms with van der Waals surface area (Å²) >= 11 is 15.6. The van der Waals surface area contributed by atoms with Crippen LogP contribution in [-0.2, 0) is 0 Å². The zero-order chi connectivity index (χ0) is 13.9. The van der Waals surface area contributed by atoms with Gasteiger partial charge in [0, 0.05) is 5.33 Å². The molecule has 1 fully saturated rings. The molecular weight excluding hydrogens is 349 g/mol. The molecule has 1 aliphatic carbocycles. The van der Waals surface area contributed by atoms with Crippen LogP contribution in [0.3, 0.4) is 0 Å². The summed E-state index contributed by atoms with van der Waals surface area (Å²) in [4.78, 5) is 12.4. The lowest BCUT2D eigenvalue weighted by Crippen LogP contribution is -2.51. The first kappa shape index (κ1) is 15.1. The molecule has 0 radical (unpaired) electrons. The number of nitrogens with one attached hydrogen (secondary N) is 1. The smallest absolute Gasteiger partial charge is 0.253 e. The van der Waals surface area contributed by atoms with E-state index in [1.54, 1.807) is 18.2 Å².